The van der Waals surface area contributed by atoms with Gasteiger partial charge in [0.05, 0.1) is 0 Å². The van der Waals surface area contributed by atoms with Gasteiger partial charge in [-0.05, 0) is 25.9 Å². The van der Waals surface area contributed by atoms with Gasteiger partial charge in [0.25, 0.3) is 0 Å². The van der Waals surface area contributed by atoms with Crippen molar-refractivity contribution in [1.82, 2.24) is 5.32 Å². The molecular formula is C7H16LiN. The van der Waals surface area contributed by atoms with Gasteiger partial charge in [-0.25, -0.2) is 0 Å². The maximum atomic E-state index is 3.22. The van der Waals surface area contributed by atoms with Crippen molar-refractivity contribution in [1.29, 1.82) is 0 Å². The molecule has 0 amide bonds. The fourth-order valence-corrected chi connectivity index (χ4v) is 0.625. The molecule has 1 aliphatic heterocycles. The van der Waals surface area contributed by atoms with Crippen LogP contribution in [0.15, 0.2) is 0 Å². The molecule has 0 aromatic rings. The van der Waals surface area contributed by atoms with Gasteiger partial charge in [0.2, 0.25) is 0 Å². The van der Waals surface area contributed by atoms with Gasteiger partial charge in [0, 0.05) is 0 Å². The van der Waals surface area contributed by atoms with E-state index in [2.05, 4.69) is 30.0 Å². The van der Waals surface area contributed by atoms with E-state index in [1.54, 1.807) is 0 Å². The van der Waals surface area contributed by atoms with Crippen molar-refractivity contribution in [3.63, 3.8) is 0 Å². The molecule has 1 heterocycles. The summed E-state index contributed by atoms with van der Waals surface area (Å²) < 4.78 is 0. The number of hydrogen-bond acceptors (Lipinski definition) is 1. The van der Waals surface area contributed by atoms with Crippen molar-refractivity contribution in [2.75, 3.05) is 13.1 Å². The van der Waals surface area contributed by atoms with Crippen LogP contribution in [0.1, 0.15) is 26.2 Å². The predicted molar refractivity (Wildman–Crippen MR) is 43.0 cm³/mol. The third-order valence-electron chi connectivity index (χ3n) is 1.46. The molecule has 2 heteroatoms. The molecule has 1 saturated heterocycles. The summed E-state index contributed by atoms with van der Waals surface area (Å²) in [6, 6.07) is 0. The summed E-state index contributed by atoms with van der Waals surface area (Å²) in [5.41, 5.74) is 0. The molecule has 0 unspecified atom stereocenters. The second-order valence-corrected chi connectivity index (χ2v) is 2.46. The zero-order valence-electron chi connectivity index (χ0n) is 6.74. The molecule has 1 aliphatic rings. The van der Waals surface area contributed by atoms with Crippen LogP contribution in [0, 0.1) is 0 Å². The fourth-order valence-electron chi connectivity index (χ4n) is 0.625. The average Bonchev–Trinajstić information content (AvgIpc) is 2.43. The molecule has 50 valence electrons. The van der Waals surface area contributed by atoms with E-state index in [0.717, 1.165) is 0 Å². The molecule has 9 heavy (non-hydrogen) atoms. The topological polar surface area (TPSA) is 12.0 Å². The van der Waals surface area contributed by atoms with E-state index >= 15 is 0 Å². The van der Waals surface area contributed by atoms with Crippen molar-refractivity contribution >= 4 is 17.7 Å². The standard InChI is InChI=1S/C4H9N.C3H7.Li/c1-2-4-5-3-1;1-3-2;/h5H,1-4H2;1,3H2,2H3;. The molecule has 1 nitrogen and oxygen atoms in total. The SMILES string of the molecule is C1CCNC1.[Li][CH2]CC. The van der Waals surface area contributed by atoms with E-state index in [4.69, 9.17) is 0 Å². The van der Waals surface area contributed by atoms with Crippen LogP contribution in [0.3, 0.4) is 0 Å². The van der Waals surface area contributed by atoms with Gasteiger partial charge in [-0.15, -0.1) is 0 Å². The Hall–Kier alpha value is 0.557. The third-order valence-corrected chi connectivity index (χ3v) is 1.46. The first-order chi connectivity index (χ1) is 4.41. The minimum atomic E-state index is 1.25. The summed E-state index contributed by atoms with van der Waals surface area (Å²) in [5, 5.41) is 4.54. The van der Waals surface area contributed by atoms with Gasteiger partial charge < -0.3 is 5.32 Å². The van der Waals surface area contributed by atoms with Crippen molar-refractivity contribution < 1.29 is 0 Å². The fraction of sp³-hybridized carbons (Fsp3) is 1.00. The Labute approximate surface area is 67.8 Å². The van der Waals surface area contributed by atoms with Gasteiger partial charge in [-0.2, -0.15) is 0 Å². The number of nitrogens with one attached hydrogen (secondary N) is 1. The van der Waals surface area contributed by atoms with E-state index in [9.17, 15) is 0 Å². The van der Waals surface area contributed by atoms with Gasteiger partial charge >= 0.3 is 36.2 Å². The van der Waals surface area contributed by atoms with E-state index < -0.39 is 0 Å². The Bertz CT molecular complexity index is 34.6. The monoisotopic (exact) mass is 121 g/mol. The summed E-state index contributed by atoms with van der Waals surface area (Å²) in [5.74, 6) is 0. The first kappa shape index (κ1) is 9.56. The van der Waals surface area contributed by atoms with Crippen LogP contribution in [0.4, 0.5) is 0 Å². The van der Waals surface area contributed by atoms with E-state index in [1.807, 2.05) is 0 Å². The number of rotatable bonds is 1. The average molecular weight is 121 g/mol. The van der Waals surface area contributed by atoms with E-state index in [0.29, 0.717) is 0 Å². The zero-order valence-corrected chi connectivity index (χ0v) is 6.74. The Morgan fingerprint density at radius 1 is 1.33 bits per heavy atom. The van der Waals surface area contributed by atoms with Crippen molar-refractivity contribution in [3.8, 4) is 0 Å². The van der Waals surface area contributed by atoms with Crippen LogP contribution in [0.25, 0.3) is 0 Å². The first-order valence-corrected chi connectivity index (χ1v) is 4.12. The molecule has 0 aliphatic carbocycles. The van der Waals surface area contributed by atoms with Crippen molar-refractivity contribution in [3.05, 3.63) is 0 Å². The molecule has 0 saturated carbocycles. The third kappa shape index (κ3) is 8.56. The van der Waals surface area contributed by atoms with E-state index in [-0.39, 0.29) is 0 Å². The summed E-state index contributed by atoms with van der Waals surface area (Å²) in [4.78, 5) is 0. The maximum absolute atomic E-state index is 3.22. The molecule has 1 fully saturated rings. The molecule has 0 bridgehead atoms. The second-order valence-electron chi connectivity index (χ2n) is 2.46. The second kappa shape index (κ2) is 8.56. The number of hydrogen-bond donors (Lipinski definition) is 1. The Kier molecular flexibility index (Phi) is 9.09. The Morgan fingerprint density at radius 3 is 1.89 bits per heavy atom. The van der Waals surface area contributed by atoms with Crippen LogP contribution in [-0.2, 0) is 0 Å². The van der Waals surface area contributed by atoms with Gasteiger partial charge in [-0.3, -0.25) is 0 Å². The molecule has 0 aromatic heterocycles. The van der Waals surface area contributed by atoms with Gasteiger partial charge in [-0.1, -0.05) is 0 Å². The summed E-state index contributed by atoms with van der Waals surface area (Å²) in [6.45, 7) is 4.68. The summed E-state index contributed by atoms with van der Waals surface area (Å²) in [6.07, 6.45) is 4.10. The van der Waals surface area contributed by atoms with Crippen molar-refractivity contribution in [2.24, 2.45) is 0 Å². The van der Waals surface area contributed by atoms with Crippen LogP contribution in [0.5, 0.6) is 0 Å². The predicted octanol–water partition coefficient (Wildman–Crippen LogP) is 1.35. The first-order valence-electron chi connectivity index (χ1n) is 4.12. The zero-order chi connectivity index (χ0) is 6.95. The van der Waals surface area contributed by atoms with Gasteiger partial charge in [0.15, 0.2) is 0 Å². The molecule has 1 N–H and O–H groups in total. The van der Waals surface area contributed by atoms with Crippen LogP contribution in [-0.4, -0.2) is 30.8 Å². The molecule has 0 radical (unpaired) electrons. The van der Waals surface area contributed by atoms with Crippen LogP contribution in [0.2, 0.25) is 5.09 Å². The van der Waals surface area contributed by atoms with E-state index in [1.165, 1.54) is 37.4 Å². The molecule has 0 spiro atoms. The van der Waals surface area contributed by atoms with Crippen molar-refractivity contribution in [2.45, 2.75) is 31.3 Å². The Morgan fingerprint density at radius 2 is 1.78 bits per heavy atom. The molecule has 0 atom stereocenters. The van der Waals surface area contributed by atoms with Gasteiger partial charge in [0.1, 0.15) is 0 Å². The minimum absolute atomic E-state index is 1.25. The quantitative estimate of drug-likeness (QED) is 0.516. The molecule has 0 aromatic carbocycles. The normalized spacial score (nSPS) is 16.8. The molecule has 1 rings (SSSR count). The van der Waals surface area contributed by atoms with Crippen LogP contribution < -0.4 is 5.32 Å². The summed E-state index contributed by atoms with van der Waals surface area (Å²) >= 11 is 2.18. The summed E-state index contributed by atoms with van der Waals surface area (Å²) in [7, 11) is 0. The van der Waals surface area contributed by atoms with Crippen LogP contribution >= 0.6 is 0 Å². The Balaban J connectivity index is 0.000000148. The molecular weight excluding hydrogens is 105 g/mol.